The summed E-state index contributed by atoms with van der Waals surface area (Å²) >= 11 is 0. The SMILES string of the molecule is COc1ccc(/C=C\c2onc(C)c2S(=O)(=O)N2CCC(C(=O)Nc3cccc(C)c3)CC2)cc1. The molecule has 0 radical (unpaired) electrons. The number of methoxy groups -OCH3 is 1. The molecule has 0 spiro atoms. The lowest BCUT2D eigenvalue weighted by molar-refractivity contribution is -0.120. The standard InChI is InChI=1S/C26H29N3O5S/c1-18-5-4-6-22(17-18)27-26(30)21-13-15-29(16-14-21)35(31,32)25-19(2)28-34-24(25)12-9-20-7-10-23(33-3)11-8-20/h4-12,17,21H,13-16H2,1-3H3,(H,27,30)/b12-9-. The van der Waals surface area contributed by atoms with Gasteiger partial charge >= 0.3 is 0 Å². The van der Waals surface area contributed by atoms with E-state index < -0.39 is 10.0 Å². The molecule has 9 heteroatoms. The summed E-state index contributed by atoms with van der Waals surface area (Å²) in [5, 5.41) is 6.84. The third-order valence-corrected chi connectivity index (χ3v) is 8.14. The van der Waals surface area contributed by atoms with E-state index in [0.29, 0.717) is 18.5 Å². The number of carbonyl (C=O) groups excluding carboxylic acids is 1. The molecule has 4 rings (SSSR count). The molecule has 0 bridgehead atoms. The number of ether oxygens (including phenoxy) is 1. The molecule has 1 aliphatic heterocycles. The van der Waals surface area contributed by atoms with Gasteiger partial charge in [0.15, 0.2) is 10.7 Å². The van der Waals surface area contributed by atoms with Gasteiger partial charge in [-0.2, -0.15) is 4.31 Å². The molecule has 1 aromatic heterocycles. The normalized spacial score (nSPS) is 15.4. The molecule has 1 saturated heterocycles. The van der Waals surface area contributed by atoms with Crippen molar-refractivity contribution >= 4 is 33.8 Å². The highest BCUT2D eigenvalue weighted by Crippen LogP contribution is 2.30. The second-order valence-electron chi connectivity index (χ2n) is 8.60. The van der Waals surface area contributed by atoms with Crippen LogP contribution in [0.1, 0.15) is 35.4 Å². The molecular weight excluding hydrogens is 466 g/mol. The van der Waals surface area contributed by atoms with Gasteiger partial charge < -0.3 is 14.6 Å². The van der Waals surface area contributed by atoms with E-state index in [0.717, 1.165) is 22.6 Å². The molecule has 8 nitrogen and oxygen atoms in total. The fourth-order valence-electron chi connectivity index (χ4n) is 4.14. The highest BCUT2D eigenvalue weighted by Gasteiger charge is 2.35. The van der Waals surface area contributed by atoms with Gasteiger partial charge in [0.25, 0.3) is 0 Å². The smallest absolute Gasteiger partial charge is 0.248 e. The van der Waals surface area contributed by atoms with Crippen LogP contribution in [0, 0.1) is 19.8 Å². The van der Waals surface area contributed by atoms with Crippen molar-refractivity contribution in [2.75, 3.05) is 25.5 Å². The monoisotopic (exact) mass is 495 g/mol. The Morgan fingerprint density at radius 3 is 2.49 bits per heavy atom. The number of benzene rings is 2. The number of nitrogens with zero attached hydrogens (tertiary/aromatic N) is 2. The molecule has 35 heavy (non-hydrogen) atoms. The average Bonchev–Trinajstić information content (AvgIpc) is 3.24. The first-order valence-corrected chi connectivity index (χ1v) is 12.9. The Labute approximate surface area is 205 Å². The number of rotatable bonds is 7. The highest BCUT2D eigenvalue weighted by molar-refractivity contribution is 7.89. The van der Waals surface area contributed by atoms with Crippen molar-refractivity contribution in [2.45, 2.75) is 31.6 Å². The van der Waals surface area contributed by atoms with Crippen molar-refractivity contribution in [2.24, 2.45) is 5.92 Å². The molecule has 0 unspecified atom stereocenters. The molecule has 0 atom stereocenters. The zero-order chi connectivity index (χ0) is 25.0. The minimum absolute atomic E-state index is 0.0601. The predicted molar refractivity (Wildman–Crippen MR) is 134 cm³/mol. The number of hydrogen-bond acceptors (Lipinski definition) is 6. The molecule has 1 fully saturated rings. The van der Waals surface area contributed by atoms with Gasteiger partial charge in [0.1, 0.15) is 11.4 Å². The molecule has 1 amide bonds. The summed E-state index contributed by atoms with van der Waals surface area (Å²) in [6.45, 7) is 4.08. The van der Waals surface area contributed by atoms with Crippen molar-refractivity contribution in [1.82, 2.24) is 9.46 Å². The number of anilines is 1. The van der Waals surface area contributed by atoms with Gasteiger partial charge in [-0.05, 0) is 68.2 Å². The molecule has 1 aliphatic rings. The second-order valence-corrected chi connectivity index (χ2v) is 10.5. The largest absolute Gasteiger partial charge is 0.497 e. The summed E-state index contributed by atoms with van der Waals surface area (Å²) in [4.78, 5) is 12.8. The van der Waals surface area contributed by atoms with Crippen LogP contribution in [-0.4, -0.2) is 44.0 Å². The molecule has 0 aliphatic carbocycles. The number of carbonyl (C=O) groups is 1. The summed E-state index contributed by atoms with van der Waals surface area (Å²) in [6, 6.07) is 15.0. The third-order valence-electron chi connectivity index (χ3n) is 6.08. The van der Waals surface area contributed by atoms with Gasteiger partial charge in [-0.25, -0.2) is 8.42 Å². The summed E-state index contributed by atoms with van der Waals surface area (Å²) in [5.74, 6) is 0.575. The van der Waals surface area contributed by atoms with Crippen LogP contribution in [0.4, 0.5) is 5.69 Å². The van der Waals surface area contributed by atoms with E-state index in [1.165, 1.54) is 4.31 Å². The van der Waals surface area contributed by atoms with Crippen LogP contribution in [-0.2, 0) is 14.8 Å². The molecule has 3 aromatic rings. The fraction of sp³-hybridized carbons (Fsp3) is 0.308. The molecule has 0 saturated carbocycles. The van der Waals surface area contributed by atoms with Crippen molar-refractivity contribution < 1.29 is 22.5 Å². The van der Waals surface area contributed by atoms with E-state index in [1.807, 2.05) is 55.5 Å². The van der Waals surface area contributed by atoms with Crippen LogP contribution in [0.5, 0.6) is 5.75 Å². The number of nitrogens with one attached hydrogen (secondary N) is 1. The number of sulfonamides is 1. The lowest BCUT2D eigenvalue weighted by Crippen LogP contribution is -2.41. The minimum atomic E-state index is -3.83. The quantitative estimate of drug-likeness (QED) is 0.518. The first-order chi connectivity index (χ1) is 16.8. The number of piperidine rings is 1. The molecular formula is C26H29N3O5S. The summed E-state index contributed by atoms with van der Waals surface area (Å²) in [5.41, 5.74) is 2.98. The Morgan fingerprint density at radius 1 is 1.11 bits per heavy atom. The maximum absolute atomic E-state index is 13.5. The van der Waals surface area contributed by atoms with E-state index in [9.17, 15) is 13.2 Å². The Bertz CT molecular complexity index is 1320. The summed E-state index contributed by atoms with van der Waals surface area (Å²) in [6.07, 6.45) is 4.26. The Balaban J connectivity index is 1.44. The van der Waals surface area contributed by atoms with E-state index in [1.54, 1.807) is 26.2 Å². The highest BCUT2D eigenvalue weighted by atomic mass is 32.2. The van der Waals surface area contributed by atoms with Crippen LogP contribution >= 0.6 is 0 Å². The third kappa shape index (κ3) is 5.63. The maximum atomic E-state index is 13.5. The Kier molecular flexibility index (Phi) is 7.37. The van der Waals surface area contributed by atoms with Crippen molar-refractivity contribution in [3.05, 3.63) is 71.1 Å². The van der Waals surface area contributed by atoms with E-state index >= 15 is 0 Å². The second kappa shape index (κ2) is 10.5. The van der Waals surface area contributed by atoms with Gasteiger partial charge in [0.05, 0.1) is 7.11 Å². The van der Waals surface area contributed by atoms with Gasteiger partial charge in [0, 0.05) is 24.7 Å². The van der Waals surface area contributed by atoms with Gasteiger partial charge in [0.2, 0.25) is 15.9 Å². The van der Waals surface area contributed by atoms with Crippen LogP contribution in [0.2, 0.25) is 0 Å². The fourth-order valence-corrected chi connectivity index (χ4v) is 5.86. The molecule has 1 N–H and O–H groups in total. The molecule has 2 heterocycles. The summed E-state index contributed by atoms with van der Waals surface area (Å²) < 4.78 is 38.8. The first kappa shape index (κ1) is 24.7. The zero-order valence-corrected chi connectivity index (χ0v) is 20.8. The first-order valence-electron chi connectivity index (χ1n) is 11.4. The maximum Gasteiger partial charge on any atom is 0.248 e. The number of hydrogen-bond donors (Lipinski definition) is 1. The number of aromatic nitrogens is 1. The predicted octanol–water partition coefficient (Wildman–Crippen LogP) is 4.51. The van der Waals surface area contributed by atoms with Gasteiger partial charge in [-0.3, -0.25) is 4.79 Å². The molecule has 2 aromatic carbocycles. The van der Waals surface area contributed by atoms with Crippen molar-refractivity contribution in [1.29, 1.82) is 0 Å². The van der Waals surface area contributed by atoms with E-state index in [-0.39, 0.29) is 35.6 Å². The molecule has 184 valence electrons. The van der Waals surface area contributed by atoms with Crippen LogP contribution in [0.15, 0.2) is 57.9 Å². The van der Waals surface area contributed by atoms with Crippen molar-refractivity contribution in [3.63, 3.8) is 0 Å². The van der Waals surface area contributed by atoms with E-state index in [4.69, 9.17) is 9.26 Å². The average molecular weight is 496 g/mol. The Morgan fingerprint density at radius 2 is 1.83 bits per heavy atom. The van der Waals surface area contributed by atoms with Crippen molar-refractivity contribution in [3.8, 4) is 5.75 Å². The lowest BCUT2D eigenvalue weighted by Gasteiger charge is -2.30. The zero-order valence-electron chi connectivity index (χ0n) is 20.0. The number of amides is 1. The minimum Gasteiger partial charge on any atom is -0.497 e. The van der Waals surface area contributed by atoms with Gasteiger partial charge in [-0.15, -0.1) is 0 Å². The number of aryl methyl sites for hydroxylation is 2. The summed E-state index contributed by atoms with van der Waals surface area (Å²) in [7, 11) is -2.24. The van der Waals surface area contributed by atoms with Gasteiger partial charge in [-0.1, -0.05) is 35.5 Å². The van der Waals surface area contributed by atoms with Crippen LogP contribution in [0.25, 0.3) is 12.2 Å². The Hall–Kier alpha value is -3.43. The van der Waals surface area contributed by atoms with E-state index in [2.05, 4.69) is 10.5 Å². The lowest BCUT2D eigenvalue weighted by atomic mass is 9.97. The topological polar surface area (TPSA) is 102 Å². The van der Waals surface area contributed by atoms with Crippen LogP contribution < -0.4 is 10.1 Å². The van der Waals surface area contributed by atoms with Crippen LogP contribution in [0.3, 0.4) is 0 Å².